The van der Waals surface area contributed by atoms with Crippen LogP contribution in [-0.4, -0.2) is 19.1 Å². The summed E-state index contributed by atoms with van der Waals surface area (Å²) < 4.78 is 5.12. The third-order valence-electron chi connectivity index (χ3n) is 4.47. The molecule has 0 amide bonds. The van der Waals surface area contributed by atoms with Crippen molar-refractivity contribution >= 4 is 23.2 Å². The molecule has 20 heavy (non-hydrogen) atoms. The fraction of sp³-hybridized carbons (Fsp3) is 0.533. The van der Waals surface area contributed by atoms with Gasteiger partial charge in [0.05, 0.1) is 18.2 Å². The van der Waals surface area contributed by atoms with Gasteiger partial charge in [0.15, 0.2) is 5.96 Å². The summed E-state index contributed by atoms with van der Waals surface area (Å²) in [4.78, 5) is 4.60. The molecule has 2 aliphatic carbocycles. The number of halogens is 1. The normalized spacial score (nSPS) is 23.9. The molecule has 1 atom stereocenters. The van der Waals surface area contributed by atoms with Crippen molar-refractivity contribution in [3.63, 3.8) is 0 Å². The molecule has 2 fully saturated rings. The predicted molar refractivity (Wildman–Crippen MR) is 82.6 cm³/mol. The highest BCUT2D eigenvalue weighted by atomic mass is 35.5. The molecule has 0 aromatic heterocycles. The summed E-state index contributed by atoms with van der Waals surface area (Å²) in [5.74, 6) is 1.12. The molecule has 108 valence electrons. The first-order valence-electron chi connectivity index (χ1n) is 7.07. The molecule has 0 heterocycles. The highest BCUT2D eigenvalue weighted by Crippen LogP contribution is 2.59. The highest BCUT2D eigenvalue weighted by Gasteiger charge is 2.55. The average Bonchev–Trinajstić information content (AvgIpc) is 2.84. The van der Waals surface area contributed by atoms with E-state index >= 15 is 0 Å². The van der Waals surface area contributed by atoms with Crippen molar-refractivity contribution in [3.05, 3.63) is 23.2 Å². The number of anilines is 1. The lowest BCUT2D eigenvalue weighted by molar-refractivity contribution is 0.415. The van der Waals surface area contributed by atoms with E-state index in [1.54, 1.807) is 13.2 Å². The fourth-order valence-electron chi connectivity index (χ4n) is 3.22. The Hall–Kier alpha value is -1.42. The Bertz CT molecular complexity index is 538. The number of nitrogens with one attached hydrogen (secondary N) is 1. The van der Waals surface area contributed by atoms with Crippen molar-refractivity contribution in [2.24, 2.45) is 16.1 Å². The molecule has 1 aromatic rings. The minimum atomic E-state index is 0.409. The molecule has 0 bridgehead atoms. The smallest absolute Gasteiger partial charge is 0.193 e. The molecule has 0 saturated heterocycles. The van der Waals surface area contributed by atoms with Crippen LogP contribution < -0.4 is 15.8 Å². The third-order valence-corrected chi connectivity index (χ3v) is 4.76. The summed E-state index contributed by atoms with van der Waals surface area (Å²) in [6.07, 6.45) is 6.49. The fourth-order valence-corrected chi connectivity index (χ4v) is 3.48. The van der Waals surface area contributed by atoms with Crippen LogP contribution in [-0.2, 0) is 0 Å². The number of rotatable bonds is 3. The number of benzene rings is 1. The van der Waals surface area contributed by atoms with Gasteiger partial charge in [0.25, 0.3) is 0 Å². The van der Waals surface area contributed by atoms with Gasteiger partial charge in [-0.15, -0.1) is 0 Å². The van der Waals surface area contributed by atoms with E-state index < -0.39 is 0 Å². The molecule has 5 heteroatoms. The molecular formula is C15H20ClN3O. The molecule has 3 rings (SSSR count). The lowest BCUT2D eigenvalue weighted by Crippen LogP contribution is -2.23. The van der Waals surface area contributed by atoms with Gasteiger partial charge in [-0.2, -0.15) is 0 Å². The number of hydrogen-bond donors (Lipinski definition) is 2. The SMILES string of the molecule is COc1ccc(NC(N)=NC2CC23CCCC3)cc1Cl. The lowest BCUT2D eigenvalue weighted by Gasteiger charge is -2.09. The zero-order valence-electron chi connectivity index (χ0n) is 11.7. The zero-order chi connectivity index (χ0) is 14.2. The number of nitrogens with two attached hydrogens (primary N) is 1. The number of guanidine groups is 1. The maximum Gasteiger partial charge on any atom is 0.193 e. The van der Waals surface area contributed by atoms with E-state index in [4.69, 9.17) is 22.1 Å². The van der Waals surface area contributed by atoms with Crippen LogP contribution in [0.4, 0.5) is 5.69 Å². The third kappa shape index (κ3) is 2.57. The van der Waals surface area contributed by atoms with Crippen LogP contribution in [0, 0.1) is 5.41 Å². The minimum Gasteiger partial charge on any atom is -0.495 e. The number of hydrogen-bond acceptors (Lipinski definition) is 2. The molecule has 0 radical (unpaired) electrons. The van der Waals surface area contributed by atoms with Gasteiger partial charge >= 0.3 is 0 Å². The molecular weight excluding hydrogens is 274 g/mol. The summed E-state index contributed by atoms with van der Waals surface area (Å²) in [5.41, 5.74) is 7.29. The standard InChI is InChI=1S/C15H20ClN3O/c1-20-12-5-4-10(8-11(12)16)18-14(17)19-13-9-15(13)6-2-3-7-15/h4-5,8,13H,2-3,6-7,9H2,1H3,(H3,17,18,19). The molecule has 2 aliphatic rings. The van der Waals surface area contributed by atoms with Gasteiger partial charge < -0.3 is 15.8 Å². The van der Waals surface area contributed by atoms with Gasteiger partial charge in [-0.05, 0) is 42.9 Å². The van der Waals surface area contributed by atoms with Crippen molar-refractivity contribution in [2.45, 2.75) is 38.1 Å². The Labute approximate surface area is 124 Å². The van der Waals surface area contributed by atoms with Crippen molar-refractivity contribution in [1.82, 2.24) is 0 Å². The van der Waals surface area contributed by atoms with Crippen LogP contribution in [0.15, 0.2) is 23.2 Å². The van der Waals surface area contributed by atoms with Crippen molar-refractivity contribution in [2.75, 3.05) is 12.4 Å². The summed E-state index contributed by atoms with van der Waals surface area (Å²) in [6, 6.07) is 5.89. The molecule has 1 aromatic carbocycles. The first-order valence-corrected chi connectivity index (χ1v) is 7.45. The Kier molecular flexibility index (Phi) is 3.50. The topological polar surface area (TPSA) is 59.6 Å². The zero-order valence-corrected chi connectivity index (χ0v) is 12.4. The van der Waals surface area contributed by atoms with E-state index in [-0.39, 0.29) is 0 Å². The molecule has 1 unspecified atom stereocenters. The van der Waals surface area contributed by atoms with Crippen molar-refractivity contribution < 1.29 is 4.74 Å². The quantitative estimate of drug-likeness (QED) is 0.663. The van der Waals surface area contributed by atoms with E-state index in [1.807, 2.05) is 12.1 Å². The van der Waals surface area contributed by atoms with Gasteiger partial charge in [0.1, 0.15) is 5.75 Å². The lowest BCUT2D eigenvalue weighted by atomic mass is 10.1. The first-order chi connectivity index (χ1) is 9.63. The Morgan fingerprint density at radius 2 is 2.20 bits per heavy atom. The second kappa shape index (κ2) is 5.17. The van der Waals surface area contributed by atoms with E-state index in [1.165, 1.54) is 32.1 Å². The summed E-state index contributed by atoms with van der Waals surface area (Å²) in [6.45, 7) is 0. The van der Waals surface area contributed by atoms with Crippen molar-refractivity contribution in [1.29, 1.82) is 0 Å². The summed E-state index contributed by atoms with van der Waals surface area (Å²) >= 11 is 6.08. The average molecular weight is 294 g/mol. The summed E-state index contributed by atoms with van der Waals surface area (Å²) in [5, 5.41) is 3.66. The van der Waals surface area contributed by atoms with Gasteiger partial charge in [-0.1, -0.05) is 24.4 Å². The van der Waals surface area contributed by atoms with Crippen LogP contribution in [0.25, 0.3) is 0 Å². The number of nitrogens with zero attached hydrogens (tertiary/aromatic N) is 1. The van der Waals surface area contributed by atoms with Gasteiger partial charge in [0.2, 0.25) is 0 Å². The first kappa shape index (κ1) is 13.6. The van der Waals surface area contributed by atoms with Gasteiger partial charge in [-0.3, -0.25) is 0 Å². The minimum absolute atomic E-state index is 0.409. The van der Waals surface area contributed by atoms with Crippen LogP contribution >= 0.6 is 11.6 Å². The van der Waals surface area contributed by atoms with E-state index in [2.05, 4.69) is 10.3 Å². The Morgan fingerprint density at radius 1 is 1.45 bits per heavy atom. The van der Waals surface area contributed by atoms with Gasteiger partial charge in [0, 0.05) is 5.69 Å². The maximum atomic E-state index is 6.08. The highest BCUT2D eigenvalue weighted by molar-refractivity contribution is 6.32. The molecule has 3 N–H and O–H groups in total. The Morgan fingerprint density at radius 3 is 2.85 bits per heavy atom. The molecule has 2 saturated carbocycles. The second-order valence-electron chi connectivity index (χ2n) is 5.78. The van der Waals surface area contributed by atoms with E-state index in [9.17, 15) is 0 Å². The molecule has 4 nitrogen and oxygen atoms in total. The maximum absolute atomic E-state index is 6.08. The van der Waals surface area contributed by atoms with Gasteiger partial charge in [-0.25, -0.2) is 4.99 Å². The monoisotopic (exact) mass is 293 g/mol. The Balaban J connectivity index is 1.64. The van der Waals surface area contributed by atoms with Crippen LogP contribution in [0.3, 0.4) is 0 Å². The number of methoxy groups -OCH3 is 1. The van der Waals surface area contributed by atoms with Crippen LogP contribution in [0.1, 0.15) is 32.1 Å². The summed E-state index contributed by atoms with van der Waals surface area (Å²) in [7, 11) is 1.60. The van der Waals surface area contributed by atoms with Crippen molar-refractivity contribution in [3.8, 4) is 5.75 Å². The molecule has 0 aliphatic heterocycles. The van der Waals surface area contributed by atoms with Crippen LogP contribution in [0.2, 0.25) is 5.02 Å². The van der Waals surface area contributed by atoms with Crippen LogP contribution in [0.5, 0.6) is 5.75 Å². The number of ether oxygens (including phenoxy) is 1. The second-order valence-corrected chi connectivity index (χ2v) is 6.19. The molecule has 1 spiro atoms. The van der Waals surface area contributed by atoms with E-state index in [0.717, 1.165) is 5.69 Å². The van der Waals surface area contributed by atoms with E-state index in [0.29, 0.717) is 28.2 Å². The predicted octanol–water partition coefficient (Wildman–Crippen LogP) is 3.41. The largest absolute Gasteiger partial charge is 0.495 e. The number of aliphatic imine (C=N–C) groups is 1.